The number of rotatable bonds is 6. The molecule has 2 aromatic carbocycles. The molecule has 2 saturated heterocycles. The predicted molar refractivity (Wildman–Crippen MR) is 167 cm³/mol. The quantitative estimate of drug-likeness (QED) is 0.300. The van der Waals surface area contributed by atoms with Crippen LogP contribution in [0.1, 0.15) is 41.7 Å². The minimum Gasteiger partial charge on any atom is -0.378 e. The lowest BCUT2D eigenvalue weighted by Crippen LogP contribution is -2.36. The van der Waals surface area contributed by atoms with Crippen molar-refractivity contribution in [2.75, 3.05) is 41.4 Å². The summed E-state index contributed by atoms with van der Waals surface area (Å²) in [5, 5.41) is 7.04. The van der Waals surface area contributed by atoms with E-state index in [1.54, 1.807) is 0 Å². The number of benzene rings is 2. The van der Waals surface area contributed by atoms with Crippen LogP contribution in [0.25, 0.3) is 5.69 Å². The minimum atomic E-state index is -0.142. The standard InChI is InChI=1S/C32H34N6O2S/c1-21-20-28(22(2)37(21)26-13-11-25(12-14-26)36-16-18-40-19-17-36)31-30(29-6-4-5-15-33-29)35-32(41)38(31)27-9-7-24(8-10-27)34-23(3)39/h4-15,20,30-31H,16-19H2,1-3H3,(H,34,39)(H,35,41)/t30-,31+/m0/s1. The molecule has 1 amide bonds. The molecule has 2 fully saturated rings. The zero-order chi connectivity index (χ0) is 28.5. The topological polar surface area (TPSA) is 74.7 Å². The third kappa shape index (κ3) is 5.30. The maximum absolute atomic E-state index is 11.6. The van der Waals surface area contributed by atoms with E-state index in [0.29, 0.717) is 5.11 Å². The highest BCUT2D eigenvalue weighted by Crippen LogP contribution is 2.44. The molecule has 0 radical (unpaired) electrons. The molecule has 0 bridgehead atoms. The van der Waals surface area contributed by atoms with Crippen LogP contribution in [-0.4, -0.2) is 46.9 Å². The Morgan fingerprint density at radius 1 is 0.976 bits per heavy atom. The van der Waals surface area contributed by atoms with Crippen LogP contribution in [0.4, 0.5) is 17.1 Å². The fraction of sp³-hybridized carbons (Fsp3) is 0.281. The van der Waals surface area contributed by atoms with Crippen LogP contribution in [0.15, 0.2) is 79.0 Å². The molecule has 41 heavy (non-hydrogen) atoms. The molecular weight excluding hydrogens is 532 g/mol. The number of thiocarbonyl (C=S) groups is 1. The molecule has 0 unspecified atom stereocenters. The number of morpholine rings is 1. The number of aromatic nitrogens is 2. The Hall–Kier alpha value is -4.21. The van der Waals surface area contributed by atoms with Crippen molar-refractivity contribution < 1.29 is 9.53 Å². The molecule has 8 nitrogen and oxygen atoms in total. The van der Waals surface area contributed by atoms with Gasteiger partial charge >= 0.3 is 0 Å². The number of amides is 1. The lowest BCUT2D eigenvalue weighted by Gasteiger charge is -2.29. The van der Waals surface area contributed by atoms with E-state index in [2.05, 4.69) is 69.2 Å². The van der Waals surface area contributed by atoms with Gasteiger partial charge in [0.15, 0.2) is 5.11 Å². The monoisotopic (exact) mass is 566 g/mol. The summed E-state index contributed by atoms with van der Waals surface area (Å²) >= 11 is 5.93. The second-order valence-electron chi connectivity index (χ2n) is 10.5. The average molecular weight is 567 g/mol. The SMILES string of the molecule is CC(=O)Nc1ccc(N2C(=S)N[C@@H](c3ccccn3)[C@H]2c2cc(C)n(-c3ccc(N4CCOCC4)cc3)c2C)cc1. The molecule has 2 aliphatic heterocycles. The number of pyridine rings is 1. The van der Waals surface area contributed by atoms with Crippen molar-refractivity contribution in [3.63, 3.8) is 0 Å². The molecule has 9 heteroatoms. The van der Waals surface area contributed by atoms with E-state index in [1.807, 2.05) is 48.7 Å². The van der Waals surface area contributed by atoms with E-state index in [-0.39, 0.29) is 18.0 Å². The maximum Gasteiger partial charge on any atom is 0.221 e. The van der Waals surface area contributed by atoms with Crippen LogP contribution in [0.3, 0.4) is 0 Å². The highest BCUT2D eigenvalue weighted by Gasteiger charge is 2.42. The van der Waals surface area contributed by atoms with Gasteiger partial charge in [0, 0.05) is 60.3 Å². The second kappa shape index (κ2) is 11.3. The normalized spacial score (nSPS) is 18.9. The van der Waals surface area contributed by atoms with Crippen molar-refractivity contribution in [3.8, 4) is 5.69 Å². The van der Waals surface area contributed by atoms with Crippen LogP contribution in [0.5, 0.6) is 0 Å². The Labute approximate surface area is 245 Å². The molecule has 2 aliphatic rings. The summed E-state index contributed by atoms with van der Waals surface area (Å²) in [5.41, 5.74) is 8.43. The van der Waals surface area contributed by atoms with Crippen molar-refractivity contribution in [2.24, 2.45) is 0 Å². The van der Waals surface area contributed by atoms with Gasteiger partial charge < -0.3 is 29.7 Å². The number of carbonyl (C=O) groups is 1. The third-order valence-electron chi connectivity index (χ3n) is 7.84. The number of hydrogen-bond acceptors (Lipinski definition) is 5. The second-order valence-corrected chi connectivity index (χ2v) is 10.9. The summed E-state index contributed by atoms with van der Waals surface area (Å²) in [4.78, 5) is 20.8. The molecule has 2 atom stereocenters. The van der Waals surface area contributed by atoms with E-state index < -0.39 is 0 Å². The van der Waals surface area contributed by atoms with Gasteiger partial charge in [-0.3, -0.25) is 9.78 Å². The van der Waals surface area contributed by atoms with Gasteiger partial charge in [-0.1, -0.05) is 6.07 Å². The highest BCUT2D eigenvalue weighted by molar-refractivity contribution is 7.80. The van der Waals surface area contributed by atoms with E-state index >= 15 is 0 Å². The number of hydrogen-bond donors (Lipinski definition) is 2. The van der Waals surface area contributed by atoms with Gasteiger partial charge in [-0.05, 0) is 98.4 Å². The lowest BCUT2D eigenvalue weighted by molar-refractivity contribution is -0.114. The molecule has 4 heterocycles. The molecule has 0 saturated carbocycles. The van der Waals surface area contributed by atoms with E-state index in [4.69, 9.17) is 21.9 Å². The minimum absolute atomic E-state index is 0.102. The largest absolute Gasteiger partial charge is 0.378 e. The molecule has 0 spiro atoms. The summed E-state index contributed by atoms with van der Waals surface area (Å²) < 4.78 is 7.83. The molecule has 210 valence electrons. The number of nitrogens with one attached hydrogen (secondary N) is 2. The van der Waals surface area contributed by atoms with Gasteiger partial charge in [0.05, 0.1) is 31.0 Å². The van der Waals surface area contributed by atoms with E-state index in [0.717, 1.165) is 60.4 Å². The molecule has 6 rings (SSSR count). The summed E-state index contributed by atoms with van der Waals surface area (Å²) in [6.07, 6.45) is 1.82. The molecular formula is C32H34N6O2S. The Bertz CT molecular complexity index is 1550. The zero-order valence-corrected chi connectivity index (χ0v) is 24.3. The number of nitrogens with zero attached hydrogens (tertiary/aromatic N) is 4. The Kier molecular flexibility index (Phi) is 7.47. The zero-order valence-electron chi connectivity index (χ0n) is 23.5. The fourth-order valence-corrected chi connectivity index (χ4v) is 6.32. The fourth-order valence-electron chi connectivity index (χ4n) is 5.98. The number of carbonyl (C=O) groups excluding carboxylic acids is 1. The van der Waals surface area contributed by atoms with Gasteiger partial charge in [-0.25, -0.2) is 0 Å². The molecule has 2 aromatic heterocycles. The lowest BCUT2D eigenvalue weighted by atomic mass is 9.96. The Balaban J connectivity index is 1.39. The smallest absolute Gasteiger partial charge is 0.221 e. The third-order valence-corrected chi connectivity index (χ3v) is 8.15. The van der Waals surface area contributed by atoms with Crippen molar-refractivity contribution in [3.05, 3.63) is 102 Å². The number of aryl methyl sites for hydroxylation is 1. The number of ether oxygens (including phenoxy) is 1. The first kappa shape index (κ1) is 27.0. The van der Waals surface area contributed by atoms with Gasteiger partial charge in [0.25, 0.3) is 0 Å². The summed E-state index contributed by atoms with van der Waals surface area (Å²) in [6.45, 7) is 9.19. The van der Waals surface area contributed by atoms with Crippen LogP contribution < -0.4 is 20.4 Å². The summed E-state index contributed by atoms with van der Waals surface area (Å²) in [5.74, 6) is -0.102. The van der Waals surface area contributed by atoms with Gasteiger partial charge in [-0.2, -0.15) is 0 Å². The van der Waals surface area contributed by atoms with Crippen molar-refractivity contribution >= 4 is 40.3 Å². The van der Waals surface area contributed by atoms with Crippen LogP contribution in [-0.2, 0) is 9.53 Å². The Morgan fingerprint density at radius 2 is 1.66 bits per heavy atom. The van der Waals surface area contributed by atoms with Gasteiger partial charge in [0.2, 0.25) is 5.91 Å². The molecule has 0 aliphatic carbocycles. The summed E-state index contributed by atoms with van der Waals surface area (Å²) in [7, 11) is 0. The first-order valence-corrected chi connectivity index (χ1v) is 14.3. The first-order valence-electron chi connectivity index (χ1n) is 13.9. The molecule has 4 aromatic rings. The van der Waals surface area contributed by atoms with Crippen LogP contribution in [0.2, 0.25) is 0 Å². The predicted octanol–water partition coefficient (Wildman–Crippen LogP) is 5.46. The van der Waals surface area contributed by atoms with Crippen molar-refractivity contribution in [2.45, 2.75) is 32.9 Å². The summed E-state index contributed by atoms with van der Waals surface area (Å²) in [6, 6.07) is 24.6. The number of anilines is 3. The van der Waals surface area contributed by atoms with Gasteiger partial charge in [-0.15, -0.1) is 0 Å². The first-order chi connectivity index (χ1) is 19.9. The van der Waals surface area contributed by atoms with Crippen molar-refractivity contribution in [1.82, 2.24) is 14.9 Å². The highest BCUT2D eigenvalue weighted by atomic mass is 32.1. The van der Waals surface area contributed by atoms with E-state index in [9.17, 15) is 4.79 Å². The maximum atomic E-state index is 11.6. The van der Waals surface area contributed by atoms with Crippen LogP contribution in [0, 0.1) is 13.8 Å². The Morgan fingerprint density at radius 3 is 2.32 bits per heavy atom. The van der Waals surface area contributed by atoms with Gasteiger partial charge in [0.1, 0.15) is 0 Å². The van der Waals surface area contributed by atoms with E-state index in [1.165, 1.54) is 18.2 Å². The average Bonchev–Trinajstić information content (AvgIpc) is 3.48. The molecule has 2 N–H and O–H groups in total. The van der Waals surface area contributed by atoms with Crippen molar-refractivity contribution in [1.29, 1.82) is 0 Å². The van der Waals surface area contributed by atoms with Crippen LogP contribution >= 0.6 is 12.2 Å².